The van der Waals surface area contributed by atoms with Crippen molar-refractivity contribution < 1.29 is 13.2 Å². The first kappa shape index (κ1) is 20.2. The van der Waals surface area contributed by atoms with E-state index in [1.165, 1.54) is 36.6 Å². The summed E-state index contributed by atoms with van der Waals surface area (Å²) in [5.74, 6) is -0.255. The molecule has 3 aromatic rings. The average molecular weight is 438 g/mol. The molecule has 0 spiro atoms. The second-order valence-electron chi connectivity index (χ2n) is 5.66. The molecule has 0 aliphatic heterocycles. The van der Waals surface area contributed by atoms with Gasteiger partial charge < -0.3 is 11.1 Å². The number of hydrogen-bond donors (Lipinski definition) is 3. The third kappa shape index (κ3) is 4.47. The van der Waals surface area contributed by atoms with E-state index in [1.54, 1.807) is 24.3 Å². The topological polar surface area (TPSA) is 127 Å². The van der Waals surface area contributed by atoms with Crippen molar-refractivity contribution in [3.63, 3.8) is 0 Å². The Morgan fingerprint density at radius 2 is 2.00 bits per heavy atom. The third-order valence-electron chi connectivity index (χ3n) is 3.57. The largest absolute Gasteiger partial charge is 0.325 e. The maximum Gasteiger partial charge on any atom is 0.261 e. The first-order valence-corrected chi connectivity index (χ1v) is 10.7. The monoisotopic (exact) mass is 437 g/mol. The molecule has 11 heteroatoms. The van der Waals surface area contributed by atoms with Crippen molar-refractivity contribution in [1.29, 1.82) is 0 Å². The van der Waals surface area contributed by atoms with E-state index in [2.05, 4.69) is 20.0 Å². The minimum atomic E-state index is -3.83. The summed E-state index contributed by atoms with van der Waals surface area (Å²) in [6.07, 6.45) is 1.49. The van der Waals surface area contributed by atoms with Crippen LogP contribution in [-0.4, -0.2) is 24.3 Å². The van der Waals surface area contributed by atoms with Crippen LogP contribution in [0.5, 0.6) is 0 Å². The molecule has 3 rings (SSSR count). The minimum absolute atomic E-state index is 0.00385. The average Bonchev–Trinajstić information content (AvgIpc) is 3.06. The maximum absolute atomic E-state index is 12.6. The highest BCUT2D eigenvalue weighted by Crippen LogP contribution is 2.35. The van der Waals surface area contributed by atoms with Gasteiger partial charge in [-0.15, -0.1) is 0 Å². The van der Waals surface area contributed by atoms with Crippen LogP contribution in [0.1, 0.15) is 12.6 Å². The number of rotatable bonds is 6. The van der Waals surface area contributed by atoms with Crippen LogP contribution in [-0.2, 0) is 21.4 Å². The fourth-order valence-electron chi connectivity index (χ4n) is 2.37. The number of sulfonamides is 1. The number of nitrogens with one attached hydrogen (secondary N) is 2. The maximum atomic E-state index is 12.6. The van der Waals surface area contributed by atoms with Crippen LogP contribution in [0, 0.1) is 0 Å². The van der Waals surface area contributed by atoms with Crippen molar-refractivity contribution in [3.8, 4) is 10.4 Å². The van der Waals surface area contributed by atoms with Crippen molar-refractivity contribution in [2.24, 2.45) is 5.73 Å². The van der Waals surface area contributed by atoms with E-state index in [9.17, 15) is 13.2 Å². The van der Waals surface area contributed by atoms with Gasteiger partial charge in [-0.25, -0.2) is 18.4 Å². The molecular weight excluding hydrogens is 422 g/mol. The van der Waals surface area contributed by atoms with Gasteiger partial charge >= 0.3 is 0 Å². The van der Waals surface area contributed by atoms with Crippen LogP contribution in [0.25, 0.3) is 10.4 Å². The van der Waals surface area contributed by atoms with Crippen LogP contribution in [0.2, 0.25) is 5.15 Å². The first-order valence-electron chi connectivity index (χ1n) is 8.01. The van der Waals surface area contributed by atoms with Crippen molar-refractivity contribution in [2.75, 3.05) is 10.0 Å². The number of halogens is 1. The van der Waals surface area contributed by atoms with Crippen LogP contribution in [0.15, 0.2) is 47.5 Å². The van der Waals surface area contributed by atoms with Gasteiger partial charge in [0.2, 0.25) is 5.91 Å². The van der Waals surface area contributed by atoms with E-state index in [-0.39, 0.29) is 28.2 Å². The second kappa shape index (κ2) is 8.23. The third-order valence-corrected chi connectivity index (χ3v) is 6.32. The number of anilines is 2. The molecule has 0 aliphatic carbocycles. The Morgan fingerprint density at radius 1 is 1.29 bits per heavy atom. The molecule has 28 heavy (non-hydrogen) atoms. The summed E-state index contributed by atoms with van der Waals surface area (Å²) in [5.41, 5.74) is 7.00. The highest BCUT2D eigenvalue weighted by atomic mass is 35.5. The molecule has 0 fully saturated rings. The number of nitrogens with two attached hydrogens (primary N) is 1. The molecule has 146 valence electrons. The zero-order valence-corrected chi connectivity index (χ0v) is 17.0. The lowest BCUT2D eigenvalue weighted by atomic mass is 10.2. The molecule has 0 atom stereocenters. The van der Waals surface area contributed by atoms with Gasteiger partial charge in [-0.1, -0.05) is 41.1 Å². The number of carbonyl (C=O) groups excluding carboxylic acids is 1. The number of aromatic nitrogens is 2. The van der Waals surface area contributed by atoms with Crippen molar-refractivity contribution >= 4 is 49.7 Å². The summed E-state index contributed by atoms with van der Waals surface area (Å²) < 4.78 is 27.6. The predicted molar refractivity (Wildman–Crippen MR) is 110 cm³/mol. The molecule has 2 heterocycles. The number of thiazole rings is 1. The molecule has 4 N–H and O–H groups in total. The number of benzene rings is 1. The lowest BCUT2D eigenvalue weighted by Gasteiger charge is -2.10. The van der Waals surface area contributed by atoms with Crippen molar-refractivity contribution in [3.05, 3.63) is 53.4 Å². The summed E-state index contributed by atoms with van der Waals surface area (Å²) in [5, 5.41) is 3.01. The lowest BCUT2D eigenvalue weighted by Crippen LogP contribution is -2.13. The van der Waals surface area contributed by atoms with Gasteiger partial charge in [0.05, 0.1) is 21.2 Å². The standard InChI is InChI=1S/C17H16ClN5O3S2/c1-10(24)21-17-22-14(8-19)15(27-17)11-7-13(16(18)20-9-11)23-28(25,26)12-5-3-2-4-6-12/h2-7,9,23H,8,19H2,1H3,(H,21,22,24). The second-order valence-corrected chi connectivity index (χ2v) is 8.70. The summed E-state index contributed by atoms with van der Waals surface area (Å²) in [4.78, 5) is 20.4. The number of carbonyl (C=O) groups is 1. The van der Waals surface area contributed by atoms with Crippen LogP contribution in [0.3, 0.4) is 0 Å². The Balaban J connectivity index is 1.99. The molecule has 1 amide bonds. The summed E-state index contributed by atoms with van der Waals surface area (Å²) in [6, 6.07) is 9.48. The number of nitrogens with zero attached hydrogens (tertiary/aromatic N) is 2. The Labute approximate surface area is 170 Å². The molecule has 0 saturated carbocycles. The van der Waals surface area contributed by atoms with Gasteiger partial charge in [0.25, 0.3) is 10.0 Å². The number of amides is 1. The van der Waals surface area contributed by atoms with Crippen molar-refractivity contribution in [2.45, 2.75) is 18.4 Å². The molecular formula is C17H16ClN5O3S2. The minimum Gasteiger partial charge on any atom is -0.325 e. The van der Waals surface area contributed by atoms with E-state index in [0.717, 1.165) is 0 Å². The van der Waals surface area contributed by atoms with Crippen LogP contribution >= 0.6 is 22.9 Å². The van der Waals surface area contributed by atoms with Gasteiger partial charge in [-0.2, -0.15) is 0 Å². The Hall–Kier alpha value is -2.53. The van der Waals surface area contributed by atoms with Crippen molar-refractivity contribution in [1.82, 2.24) is 9.97 Å². The first-order chi connectivity index (χ1) is 13.3. The molecule has 8 nitrogen and oxygen atoms in total. The van der Waals surface area contributed by atoms with E-state index in [4.69, 9.17) is 17.3 Å². The van der Waals surface area contributed by atoms with E-state index >= 15 is 0 Å². The Kier molecular flexibility index (Phi) is 5.94. The quantitative estimate of drug-likeness (QED) is 0.508. The summed E-state index contributed by atoms with van der Waals surface area (Å²) in [7, 11) is -3.83. The fourth-order valence-corrected chi connectivity index (χ4v) is 4.67. The van der Waals surface area contributed by atoms with Gasteiger partial charge in [-0.05, 0) is 18.2 Å². The molecule has 2 aromatic heterocycles. The van der Waals surface area contributed by atoms with Gasteiger partial charge in [0.1, 0.15) is 0 Å². The SMILES string of the molecule is CC(=O)Nc1nc(CN)c(-c2cnc(Cl)c(NS(=O)(=O)c3ccccc3)c2)s1. The smallest absolute Gasteiger partial charge is 0.261 e. The molecule has 0 radical (unpaired) electrons. The number of pyridine rings is 1. The fraction of sp³-hybridized carbons (Fsp3) is 0.118. The summed E-state index contributed by atoms with van der Waals surface area (Å²) >= 11 is 7.30. The van der Waals surface area contributed by atoms with Crippen LogP contribution < -0.4 is 15.8 Å². The van der Waals surface area contributed by atoms with E-state index < -0.39 is 10.0 Å². The molecule has 1 aromatic carbocycles. The highest BCUT2D eigenvalue weighted by molar-refractivity contribution is 7.92. The van der Waals surface area contributed by atoms with Gasteiger partial charge in [0.15, 0.2) is 10.3 Å². The summed E-state index contributed by atoms with van der Waals surface area (Å²) in [6.45, 7) is 1.52. The zero-order chi connectivity index (χ0) is 20.3. The molecule has 0 bridgehead atoms. The van der Waals surface area contributed by atoms with E-state index in [1.807, 2.05) is 0 Å². The van der Waals surface area contributed by atoms with E-state index in [0.29, 0.717) is 21.3 Å². The Morgan fingerprint density at radius 3 is 2.64 bits per heavy atom. The highest BCUT2D eigenvalue weighted by Gasteiger charge is 2.19. The lowest BCUT2D eigenvalue weighted by molar-refractivity contribution is -0.114. The number of hydrogen-bond acceptors (Lipinski definition) is 7. The Bertz CT molecular complexity index is 1120. The molecule has 0 saturated heterocycles. The van der Waals surface area contributed by atoms with Crippen LogP contribution in [0.4, 0.5) is 10.8 Å². The normalized spacial score (nSPS) is 11.2. The van der Waals surface area contributed by atoms with Gasteiger partial charge in [0, 0.05) is 25.2 Å². The van der Waals surface area contributed by atoms with Gasteiger partial charge in [-0.3, -0.25) is 9.52 Å². The predicted octanol–water partition coefficient (Wildman–Crippen LogP) is 3.08. The zero-order valence-electron chi connectivity index (χ0n) is 14.6. The molecule has 0 unspecified atom stereocenters. The molecule has 0 aliphatic rings.